The zero-order valence-electron chi connectivity index (χ0n) is 11.8. The van der Waals surface area contributed by atoms with Crippen LogP contribution >= 0.6 is 0 Å². The molecule has 1 aromatic carbocycles. The molecule has 0 aromatic heterocycles. The molecular weight excluding hydrogens is 284 g/mol. The van der Waals surface area contributed by atoms with E-state index in [9.17, 15) is 8.42 Å². The molecule has 0 amide bonds. The maximum absolute atomic E-state index is 12.1. The Morgan fingerprint density at radius 1 is 1.30 bits per heavy atom. The highest BCUT2D eigenvalue weighted by molar-refractivity contribution is 7.89. The molecule has 1 unspecified atom stereocenters. The maximum Gasteiger partial charge on any atom is 0.240 e. The van der Waals surface area contributed by atoms with E-state index in [-0.39, 0.29) is 23.2 Å². The summed E-state index contributed by atoms with van der Waals surface area (Å²) in [6.45, 7) is 0.405. The van der Waals surface area contributed by atoms with Crippen LogP contribution in [0.5, 0.6) is 5.75 Å². The first-order valence-corrected chi connectivity index (χ1v) is 7.37. The van der Waals surface area contributed by atoms with Crippen molar-refractivity contribution in [3.05, 3.63) is 18.2 Å². The van der Waals surface area contributed by atoms with E-state index in [1.54, 1.807) is 0 Å². The number of ether oxygens (including phenoxy) is 3. The van der Waals surface area contributed by atoms with E-state index < -0.39 is 10.0 Å². The average Bonchev–Trinajstić information content (AvgIpc) is 2.43. The molecule has 0 fully saturated rings. The Balaban J connectivity index is 2.81. The predicted octanol–water partition coefficient (Wildman–Crippen LogP) is 0.217. The summed E-state index contributed by atoms with van der Waals surface area (Å²) < 4.78 is 41.6. The number of anilines is 1. The number of methoxy groups -OCH3 is 3. The first-order valence-electron chi connectivity index (χ1n) is 5.89. The lowest BCUT2D eigenvalue weighted by molar-refractivity contribution is 0.0320. The molecule has 1 rings (SSSR count). The third kappa shape index (κ3) is 4.34. The minimum absolute atomic E-state index is 0.0723. The van der Waals surface area contributed by atoms with Crippen LogP contribution in [0.3, 0.4) is 0 Å². The van der Waals surface area contributed by atoms with Gasteiger partial charge >= 0.3 is 0 Å². The van der Waals surface area contributed by atoms with Gasteiger partial charge in [-0.25, -0.2) is 13.1 Å². The number of nitrogens with two attached hydrogens (primary N) is 1. The van der Waals surface area contributed by atoms with E-state index >= 15 is 0 Å². The van der Waals surface area contributed by atoms with E-state index in [4.69, 9.17) is 19.9 Å². The molecular formula is C12H20N2O5S. The van der Waals surface area contributed by atoms with E-state index in [2.05, 4.69) is 4.72 Å². The Morgan fingerprint density at radius 3 is 2.50 bits per heavy atom. The first-order chi connectivity index (χ1) is 9.44. The highest BCUT2D eigenvalue weighted by Crippen LogP contribution is 2.24. The van der Waals surface area contributed by atoms with Crippen LogP contribution in [-0.4, -0.2) is 49.0 Å². The van der Waals surface area contributed by atoms with Gasteiger partial charge < -0.3 is 19.9 Å². The van der Waals surface area contributed by atoms with E-state index in [0.717, 1.165) is 0 Å². The Labute approximate surface area is 119 Å². The van der Waals surface area contributed by atoms with Crippen LogP contribution in [0, 0.1) is 0 Å². The predicted molar refractivity (Wildman–Crippen MR) is 75.3 cm³/mol. The van der Waals surface area contributed by atoms with E-state index in [0.29, 0.717) is 12.4 Å². The quantitative estimate of drug-likeness (QED) is 0.666. The summed E-state index contributed by atoms with van der Waals surface area (Å²) in [5.41, 5.74) is 5.96. The molecule has 0 aliphatic carbocycles. The van der Waals surface area contributed by atoms with Gasteiger partial charge in [-0.15, -0.1) is 0 Å². The van der Waals surface area contributed by atoms with Crippen LogP contribution in [0.1, 0.15) is 0 Å². The topological polar surface area (TPSA) is 99.9 Å². The molecule has 8 heteroatoms. The van der Waals surface area contributed by atoms with Gasteiger partial charge in [-0.3, -0.25) is 0 Å². The molecule has 3 N–H and O–H groups in total. The van der Waals surface area contributed by atoms with Crippen LogP contribution in [-0.2, 0) is 19.5 Å². The lowest BCUT2D eigenvalue weighted by Crippen LogP contribution is -2.35. The van der Waals surface area contributed by atoms with Gasteiger partial charge in [0.25, 0.3) is 0 Å². The van der Waals surface area contributed by atoms with Crippen LogP contribution in [0.2, 0.25) is 0 Å². The molecule has 0 saturated heterocycles. The van der Waals surface area contributed by atoms with Gasteiger partial charge in [-0.2, -0.15) is 0 Å². The van der Waals surface area contributed by atoms with Crippen molar-refractivity contribution in [2.75, 3.05) is 40.2 Å². The standard InChI is InChI=1S/C12H20N2O5S/c1-17-8-9(18-2)7-14-20(15,16)10-4-5-12(19-3)11(13)6-10/h4-6,9,14H,7-8,13H2,1-3H3. The fourth-order valence-electron chi connectivity index (χ4n) is 1.56. The van der Waals surface area contributed by atoms with Crippen molar-refractivity contribution in [3.8, 4) is 5.75 Å². The summed E-state index contributed by atoms with van der Waals surface area (Å²) in [7, 11) is 0.820. The molecule has 20 heavy (non-hydrogen) atoms. The lowest BCUT2D eigenvalue weighted by Gasteiger charge is -2.15. The zero-order valence-corrected chi connectivity index (χ0v) is 12.6. The van der Waals surface area contributed by atoms with Crippen LogP contribution in [0.25, 0.3) is 0 Å². The SMILES string of the molecule is COCC(CNS(=O)(=O)c1ccc(OC)c(N)c1)OC. The molecule has 0 aliphatic rings. The Morgan fingerprint density at radius 2 is 2.00 bits per heavy atom. The number of sulfonamides is 1. The van der Waals surface area contributed by atoms with Crippen molar-refractivity contribution in [2.45, 2.75) is 11.0 Å². The molecule has 0 spiro atoms. The van der Waals surface area contributed by atoms with Crippen LogP contribution < -0.4 is 15.2 Å². The second-order valence-electron chi connectivity index (χ2n) is 4.07. The molecule has 1 atom stereocenters. The number of nitrogens with one attached hydrogen (secondary N) is 1. The largest absolute Gasteiger partial charge is 0.495 e. The molecule has 1 aromatic rings. The van der Waals surface area contributed by atoms with Gasteiger partial charge in [0.05, 0.1) is 30.4 Å². The van der Waals surface area contributed by atoms with Crippen molar-refractivity contribution in [3.63, 3.8) is 0 Å². The van der Waals surface area contributed by atoms with Crippen LogP contribution in [0.15, 0.2) is 23.1 Å². The van der Waals surface area contributed by atoms with E-state index in [1.165, 1.54) is 39.5 Å². The van der Waals surface area contributed by atoms with Gasteiger partial charge in [-0.05, 0) is 18.2 Å². The lowest BCUT2D eigenvalue weighted by atomic mass is 10.3. The zero-order chi connectivity index (χ0) is 15.2. The average molecular weight is 304 g/mol. The van der Waals surface area contributed by atoms with Crippen molar-refractivity contribution in [1.82, 2.24) is 4.72 Å². The summed E-state index contributed by atoms with van der Waals surface area (Å²) in [4.78, 5) is 0.0723. The van der Waals surface area contributed by atoms with Crippen molar-refractivity contribution in [1.29, 1.82) is 0 Å². The second kappa shape index (κ2) is 7.44. The molecule has 0 bridgehead atoms. The van der Waals surface area contributed by atoms with Gasteiger partial charge in [-0.1, -0.05) is 0 Å². The van der Waals surface area contributed by atoms with E-state index in [1.807, 2.05) is 0 Å². The van der Waals surface area contributed by atoms with Crippen LogP contribution in [0.4, 0.5) is 5.69 Å². The third-order valence-corrected chi connectivity index (χ3v) is 4.12. The van der Waals surface area contributed by atoms with Crippen molar-refractivity contribution >= 4 is 15.7 Å². The van der Waals surface area contributed by atoms with Gasteiger partial charge in [0, 0.05) is 20.8 Å². The van der Waals surface area contributed by atoms with Gasteiger partial charge in [0.2, 0.25) is 10.0 Å². The second-order valence-corrected chi connectivity index (χ2v) is 5.84. The van der Waals surface area contributed by atoms with Gasteiger partial charge in [0.15, 0.2) is 0 Å². The summed E-state index contributed by atoms with van der Waals surface area (Å²) in [6, 6.07) is 4.28. The summed E-state index contributed by atoms with van der Waals surface area (Å²) in [5.74, 6) is 0.429. The maximum atomic E-state index is 12.1. The Hall–Kier alpha value is -1.35. The number of hydrogen-bond acceptors (Lipinski definition) is 6. The van der Waals surface area contributed by atoms with Gasteiger partial charge in [0.1, 0.15) is 5.75 Å². The monoisotopic (exact) mass is 304 g/mol. The Kier molecular flexibility index (Phi) is 6.21. The molecule has 0 saturated carbocycles. The van der Waals surface area contributed by atoms with Crippen molar-refractivity contribution in [2.24, 2.45) is 0 Å². The number of hydrogen-bond donors (Lipinski definition) is 2. The Bertz CT molecular complexity index is 533. The summed E-state index contributed by atoms with van der Waals surface area (Å²) >= 11 is 0. The third-order valence-electron chi connectivity index (χ3n) is 2.70. The fourth-order valence-corrected chi connectivity index (χ4v) is 2.66. The highest BCUT2D eigenvalue weighted by Gasteiger charge is 2.18. The fraction of sp³-hybridized carbons (Fsp3) is 0.500. The summed E-state index contributed by atoms with van der Waals surface area (Å²) in [5, 5.41) is 0. The molecule has 0 aliphatic heterocycles. The highest BCUT2D eigenvalue weighted by atomic mass is 32.2. The molecule has 114 valence electrons. The van der Waals surface area contributed by atoms with Crippen molar-refractivity contribution < 1.29 is 22.6 Å². The number of nitrogen functional groups attached to an aromatic ring is 1. The smallest absolute Gasteiger partial charge is 0.240 e. The molecule has 7 nitrogen and oxygen atoms in total. The summed E-state index contributed by atoms with van der Waals surface area (Å²) in [6.07, 6.45) is -0.356. The number of benzene rings is 1. The molecule has 0 heterocycles. The molecule has 0 radical (unpaired) electrons. The normalized spacial score (nSPS) is 13.2. The first kappa shape index (κ1) is 16.7. The number of rotatable bonds is 8. The minimum Gasteiger partial charge on any atom is -0.495 e. The minimum atomic E-state index is -3.65.